The Morgan fingerprint density at radius 2 is 2.26 bits per heavy atom. The Morgan fingerprint density at radius 3 is 3.00 bits per heavy atom. The van der Waals surface area contributed by atoms with Crippen molar-refractivity contribution in [2.45, 2.75) is 45.2 Å². The summed E-state index contributed by atoms with van der Waals surface area (Å²) in [5, 5.41) is 14.2. The van der Waals surface area contributed by atoms with Crippen LogP contribution in [-0.4, -0.2) is 27.2 Å². The molecule has 1 atom stereocenters. The minimum absolute atomic E-state index is 0.161. The molecule has 0 fully saturated rings. The van der Waals surface area contributed by atoms with Gasteiger partial charge < -0.3 is 15.4 Å². The summed E-state index contributed by atoms with van der Waals surface area (Å²) in [5.74, 6) is 0. The van der Waals surface area contributed by atoms with Crippen LogP contribution in [0.5, 0.6) is 0 Å². The summed E-state index contributed by atoms with van der Waals surface area (Å²) >= 11 is 0. The number of nitrogens with one attached hydrogen (secondary N) is 2. The lowest BCUT2D eigenvalue weighted by Gasteiger charge is -2.29. The zero-order valence-electron chi connectivity index (χ0n) is 11.7. The predicted octanol–water partition coefficient (Wildman–Crippen LogP) is 2.59. The lowest BCUT2D eigenvalue weighted by atomic mass is 9.95. The smallest absolute Gasteiger partial charge is 0.137 e. The molecular formula is C15H23N3O. The summed E-state index contributed by atoms with van der Waals surface area (Å²) in [6.45, 7) is 5.16. The van der Waals surface area contributed by atoms with Gasteiger partial charge in [-0.1, -0.05) is 19.8 Å². The molecule has 0 saturated carbocycles. The number of aromatic nitrogens is 2. The van der Waals surface area contributed by atoms with Crippen LogP contribution in [0.25, 0.3) is 11.0 Å². The first-order chi connectivity index (χ1) is 9.18. The number of pyridine rings is 1. The fourth-order valence-electron chi connectivity index (χ4n) is 2.27. The van der Waals surface area contributed by atoms with E-state index in [1.165, 1.54) is 5.56 Å². The van der Waals surface area contributed by atoms with Crippen LogP contribution in [0.1, 0.15) is 38.7 Å². The first kappa shape index (κ1) is 14.0. The van der Waals surface area contributed by atoms with Gasteiger partial charge in [-0.05, 0) is 31.0 Å². The van der Waals surface area contributed by atoms with Crippen LogP contribution in [0.2, 0.25) is 0 Å². The van der Waals surface area contributed by atoms with Gasteiger partial charge in [0.2, 0.25) is 0 Å². The Hall–Kier alpha value is -1.39. The molecule has 0 radical (unpaired) electrons. The molecule has 3 N–H and O–H groups in total. The van der Waals surface area contributed by atoms with Gasteiger partial charge in [0.15, 0.2) is 0 Å². The maximum absolute atomic E-state index is 9.58. The zero-order chi connectivity index (χ0) is 13.7. The number of H-pyrrole nitrogens is 1. The highest BCUT2D eigenvalue weighted by Gasteiger charge is 2.21. The van der Waals surface area contributed by atoms with E-state index in [2.05, 4.69) is 29.1 Å². The van der Waals surface area contributed by atoms with E-state index in [9.17, 15) is 5.11 Å². The number of nitrogens with zero attached hydrogens (tertiary/aromatic N) is 1. The Kier molecular flexibility index (Phi) is 4.56. The van der Waals surface area contributed by atoms with E-state index >= 15 is 0 Å². The normalized spacial score (nSPS) is 14.7. The molecule has 0 amide bonds. The monoisotopic (exact) mass is 261 g/mol. The Balaban J connectivity index is 2.06. The van der Waals surface area contributed by atoms with Gasteiger partial charge in [-0.15, -0.1) is 0 Å². The zero-order valence-corrected chi connectivity index (χ0v) is 11.7. The number of aliphatic hydroxyl groups is 1. The number of unbranched alkanes of at least 4 members (excludes halogenated alkanes) is 1. The van der Waals surface area contributed by atoms with Crippen LogP contribution >= 0.6 is 0 Å². The Labute approximate surface area is 114 Å². The second-order valence-corrected chi connectivity index (χ2v) is 5.39. The van der Waals surface area contributed by atoms with Gasteiger partial charge >= 0.3 is 0 Å². The maximum atomic E-state index is 9.58. The lowest BCUT2D eigenvalue weighted by Crippen LogP contribution is -2.45. The van der Waals surface area contributed by atoms with Gasteiger partial charge in [0, 0.05) is 29.9 Å². The van der Waals surface area contributed by atoms with Crippen molar-refractivity contribution in [1.82, 2.24) is 15.3 Å². The number of rotatable bonds is 7. The molecule has 4 nitrogen and oxygen atoms in total. The SMILES string of the molecule is CCCCC(C)(CO)NCc1ccnc2[nH]ccc12. The molecule has 0 saturated heterocycles. The number of hydrogen-bond donors (Lipinski definition) is 3. The van der Waals surface area contributed by atoms with E-state index in [1.807, 2.05) is 24.5 Å². The summed E-state index contributed by atoms with van der Waals surface area (Å²) in [6.07, 6.45) is 6.98. The Morgan fingerprint density at radius 1 is 1.42 bits per heavy atom. The topological polar surface area (TPSA) is 60.9 Å². The van der Waals surface area contributed by atoms with E-state index in [1.54, 1.807) is 0 Å². The van der Waals surface area contributed by atoms with Gasteiger partial charge in [0.25, 0.3) is 0 Å². The Bertz CT molecular complexity index is 523. The van der Waals surface area contributed by atoms with E-state index in [0.717, 1.165) is 36.8 Å². The van der Waals surface area contributed by atoms with Crippen LogP contribution in [0.4, 0.5) is 0 Å². The van der Waals surface area contributed by atoms with E-state index in [0.29, 0.717) is 0 Å². The minimum Gasteiger partial charge on any atom is -0.394 e. The highest BCUT2D eigenvalue weighted by molar-refractivity contribution is 5.79. The van der Waals surface area contributed by atoms with E-state index in [4.69, 9.17) is 0 Å². The first-order valence-corrected chi connectivity index (χ1v) is 6.95. The maximum Gasteiger partial charge on any atom is 0.137 e. The van der Waals surface area contributed by atoms with E-state index < -0.39 is 0 Å². The van der Waals surface area contributed by atoms with Crippen molar-refractivity contribution in [2.24, 2.45) is 0 Å². The molecule has 4 heteroatoms. The third kappa shape index (κ3) is 3.33. The van der Waals surface area contributed by atoms with Crippen LogP contribution in [0.3, 0.4) is 0 Å². The molecule has 0 aliphatic carbocycles. The summed E-state index contributed by atoms with van der Waals surface area (Å²) < 4.78 is 0. The average molecular weight is 261 g/mol. The number of aliphatic hydroxyl groups excluding tert-OH is 1. The molecule has 1 unspecified atom stereocenters. The molecule has 0 aliphatic heterocycles. The quantitative estimate of drug-likeness (QED) is 0.718. The third-order valence-corrected chi connectivity index (χ3v) is 3.69. The van der Waals surface area contributed by atoms with Crippen LogP contribution in [0.15, 0.2) is 24.5 Å². The van der Waals surface area contributed by atoms with Crippen molar-refractivity contribution >= 4 is 11.0 Å². The lowest BCUT2D eigenvalue weighted by molar-refractivity contribution is 0.162. The van der Waals surface area contributed by atoms with Crippen molar-refractivity contribution in [3.05, 3.63) is 30.1 Å². The highest BCUT2D eigenvalue weighted by atomic mass is 16.3. The highest BCUT2D eigenvalue weighted by Crippen LogP contribution is 2.18. The fraction of sp³-hybridized carbons (Fsp3) is 0.533. The van der Waals surface area contributed by atoms with Gasteiger partial charge in [-0.25, -0.2) is 4.98 Å². The second kappa shape index (κ2) is 6.17. The van der Waals surface area contributed by atoms with E-state index in [-0.39, 0.29) is 12.1 Å². The molecule has 0 aromatic carbocycles. The average Bonchev–Trinajstić information content (AvgIpc) is 2.92. The predicted molar refractivity (Wildman–Crippen MR) is 77.9 cm³/mol. The largest absolute Gasteiger partial charge is 0.394 e. The summed E-state index contributed by atoms with van der Waals surface area (Å²) in [5.41, 5.74) is 1.92. The van der Waals surface area contributed by atoms with Gasteiger partial charge in [0.05, 0.1) is 6.61 Å². The molecule has 0 aliphatic rings. The van der Waals surface area contributed by atoms with Crippen molar-refractivity contribution in [2.75, 3.05) is 6.61 Å². The first-order valence-electron chi connectivity index (χ1n) is 6.95. The van der Waals surface area contributed by atoms with Crippen LogP contribution in [0, 0.1) is 0 Å². The van der Waals surface area contributed by atoms with Gasteiger partial charge in [-0.3, -0.25) is 0 Å². The standard InChI is InChI=1S/C15H23N3O/c1-3-4-7-15(2,11-19)18-10-12-5-8-16-14-13(12)6-9-17-14/h5-6,8-9,18-19H,3-4,7,10-11H2,1-2H3,(H,16,17). The molecule has 104 valence electrons. The van der Waals surface area contributed by atoms with Crippen molar-refractivity contribution in [3.63, 3.8) is 0 Å². The summed E-state index contributed by atoms with van der Waals surface area (Å²) in [7, 11) is 0. The summed E-state index contributed by atoms with van der Waals surface area (Å²) in [4.78, 5) is 7.40. The molecule has 19 heavy (non-hydrogen) atoms. The van der Waals surface area contributed by atoms with Crippen molar-refractivity contribution in [3.8, 4) is 0 Å². The molecule has 0 spiro atoms. The molecule has 2 heterocycles. The third-order valence-electron chi connectivity index (χ3n) is 3.69. The van der Waals surface area contributed by atoms with Crippen molar-refractivity contribution < 1.29 is 5.11 Å². The van der Waals surface area contributed by atoms with Gasteiger partial charge in [-0.2, -0.15) is 0 Å². The van der Waals surface area contributed by atoms with Crippen molar-refractivity contribution in [1.29, 1.82) is 0 Å². The molecule has 2 aromatic rings. The minimum atomic E-state index is -0.206. The van der Waals surface area contributed by atoms with Crippen LogP contribution in [-0.2, 0) is 6.54 Å². The number of aromatic amines is 1. The number of hydrogen-bond acceptors (Lipinski definition) is 3. The fourth-order valence-corrected chi connectivity index (χ4v) is 2.27. The van der Waals surface area contributed by atoms with Crippen LogP contribution < -0.4 is 5.32 Å². The molecular weight excluding hydrogens is 238 g/mol. The molecule has 0 bridgehead atoms. The van der Waals surface area contributed by atoms with Gasteiger partial charge in [0.1, 0.15) is 5.65 Å². The second-order valence-electron chi connectivity index (χ2n) is 5.39. The molecule has 2 rings (SSSR count). The summed E-state index contributed by atoms with van der Waals surface area (Å²) in [6, 6.07) is 4.07. The molecule has 2 aromatic heterocycles. The number of fused-ring (bicyclic) bond motifs is 1.